The van der Waals surface area contributed by atoms with Gasteiger partial charge in [0.15, 0.2) is 0 Å². The Morgan fingerprint density at radius 1 is 0.307 bits per heavy atom. The van der Waals surface area contributed by atoms with Crippen molar-refractivity contribution in [2.45, 2.75) is 22.1 Å². The van der Waals surface area contributed by atoms with Crippen molar-refractivity contribution < 1.29 is 0 Å². The van der Waals surface area contributed by atoms with E-state index in [4.69, 9.17) is 0 Å². The molecule has 0 fully saturated rings. The number of hydrogen-bond acceptors (Lipinski definition) is 3. The molecule has 6 aliphatic rings. The molecular weight excluding hydrogens is 1240 g/mol. The molecule has 18 aromatic rings. The summed E-state index contributed by atoms with van der Waals surface area (Å²) < 4.78 is 5.49. The van der Waals surface area contributed by atoms with Crippen molar-refractivity contribution in [2.75, 3.05) is 9.80 Å². The van der Waals surface area contributed by atoms with Crippen LogP contribution in [0.3, 0.4) is 0 Å². The van der Waals surface area contributed by atoms with Crippen LogP contribution >= 0.6 is 11.8 Å². The Labute approximate surface area is 588 Å². The lowest BCUT2D eigenvalue weighted by Gasteiger charge is -2.50. The van der Waals surface area contributed by atoms with Crippen molar-refractivity contribution in [1.82, 2.24) is 8.96 Å². The third-order valence-corrected chi connectivity index (χ3v) is 24.9. The fourth-order valence-corrected chi connectivity index (χ4v) is 21.1. The van der Waals surface area contributed by atoms with Crippen molar-refractivity contribution in [1.29, 1.82) is 0 Å². The molecule has 101 heavy (non-hydrogen) atoms. The Bertz CT molecular complexity index is 6750. The van der Waals surface area contributed by atoms with E-state index in [1.54, 1.807) is 0 Å². The highest BCUT2D eigenvalue weighted by molar-refractivity contribution is 7.99. The first-order valence-electron chi connectivity index (χ1n) is 35.4. The Hall–Kier alpha value is -12.3. The van der Waals surface area contributed by atoms with E-state index >= 15 is 0 Å². The standard InChI is InChI=1S/C94H56B2N4S/c1-55-50-58(64-30-17-31-67-66(64)47-48-71-68-32-18-33-69-73-51-59(56-22-5-2-6-23-56)53-82-88(73)96(100(89(67)71)90(68)69)78-39-21-43-85-93(78)98(82)80-41-15-16-42-84(80)101-85)44-46-63(55)60-52-74-70-34-19-35-72-86-65-29-12-11-24-57(65)45-49-81(86)99(91(70)72)95-77-38-20-37-76-92(77)97(83(54-60)87(74)95)79-40-14-13-36-75(79)94(76,61-25-7-3-8-26-61)62-27-9-4-10-28-62/h2-54H,1H3. The topological polar surface area (TPSA) is 16.3 Å². The summed E-state index contributed by atoms with van der Waals surface area (Å²) in [5.41, 5.74) is 36.0. The molecule has 0 amide bonds. The SMILES string of the molecule is Cc1cc(-c2cccc3c2ccc2c4cccc5c4n(c32)B2c3cccc4c3N(c3ccccc3S4)c3cc(-c4ccccc4)cc-5c32)ccc1-c1cc2c3c(c1)N1c4ccccc4C(c4ccccc4)(c4ccccc4)c4cccc(c41)B3n1c3ccc4ccccc4c3c3cccc-2c31. The summed E-state index contributed by atoms with van der Waals surface area (Å²) in [5.74, 6) is 0. The van der Waals surface area contributed by atoms with Crippen LogP contribution in [0.15, 0.2) is 331 Å². The highest BCUT2D eigenvalue weighted by atomic mass is 32.2. The van der Waals surface area contributed by atoms with E-state index < -0.39 is 5.41 Å². The van der Waals surface area contributed by atoms with Gasteiger partial charge in [0.25, 0.3) is 0 Å². The van der Waals surface area contributed by atoms with Gasteiger partial charge in [0.1, 0.15) is 0 Å². The van der Waals surface area contributed by atoms with Crippen molar-refractivity contribution in [3.05, 3.63) is 349 Å². The number of nitrogens with zero attached hydrogens (tertiary/aromatic N) is 4. The number of hydrogen-bond donors (Lipinski definition) is 0. The van der Waals surface area contributed by atoms with E-state index in [1.165, 1.54) is 214 Å². The summed E-state index contributed by atoms with van der Waals surface area (Å²) in [6.07, 6.45) is 0. The maximum Gasteiger partial charge on any atom is 0.333 e. The summed E-state index contributed by atoms with van der Waals surface area (Å²) >= 11 is 1.90. The maximum absolute atomic E-state index is 2.76. The predicted molar refractivity (Wildman–Crippen MR) is 426 cm³/mol. The summed E-state index contributed by atoms with van der Waals surface area (Å²) in [7, 11) is 0. The lowest BCUT2D eigenvalue weighted by atomic mass is 9.43. The summed E-state index contributed by atoms with van der Waals surface area (Å²) in [4.78, 5) is 7.83. The lowest BCUT2D eigenvalue weighted by Crippen LogP contribution is -2.58. The normalized spacial score (nSPS) is 14.1. The molecule has 6 aliphatic heterocycles. The number of benzene rings is 16. The van der Waals surface area contributed by atoms with Gasteiger partial charge in [0.05, 0.1) is 22.5 Å². The zero-order chi connectivity index (χ0) is 65.7. The molecule has 7 heteroatoms. The monoisotopic (exact) mass is 1290 g/mol. The smallest absolute Gasteiger partial charge is 0.333 e. The van der Waals surface area contributed by atoms with E-state index in [0.29, 0.717) is 0 Å². The van der Waals surface area contributed by atoms with E-state index in [2.05, 4.69) is 347 Å². The average molecular weight is 1300 g/mol. The van der Waals surface area contributed by atoms with Gasteiger partial charge >= 0.3 is 13.7 Å². The van der Waals surface area contributed by atoms with Crippen LogP contribution in [-0.2, 0) is 5.41 Å². The Morgan fingerprint density at radius 2 is 0.861 bits per heavy atom. The molecule has 0 radical (unpaired) electrons. The van der Waals surface area contributed by atoms with E-state index in [-0.39, 0.29) is 13.7 Å². The van der Waals surface area contributed by atoms with E-state index in [9.17, 15) is 0 Å². The number of rotatable bonds is 5. The van der Waals surface area contributed by atoms with Gasteiger partial charge in [-0.05, 0) is 172 Å². The van der Waals surface area contributed by atoms with Crippen LogP contribution in [0.5, 0.6) is 0 Å². The molecule has 0 aliphatic carbocycles. The Balaban J connectivity index is 0.723. The minimum Gasteiger partial charge on any atom is -0.375 e. The largest absolute Gasteiger partial charge is 0.375 e. The van der Waals surface area contributed by atoms with Gasteiger partial charge in [0.2, 0.25) is 0 Å². The zero-order valence-electron chi connectivity index (χ0n) is 55.0. The molecule has 0 bridgehead atoms. The third kappa shape index (κ3) is 6.90. The maximum atomic E-state index is 2.76. The van der Waals surface area contributed by atoms with Gasteiger partial charge in [0, 0.05) is 87.0 Å². The molecule has 0 N–H and O–H groups in total. The molecule has 16 aromatic carbocycles. The first kappa shape index (κ1) is 54.7. The molecule has 0 saturated carbocycles. The van der Waals surface area contributed by atoms with Crippen molar-refractivity contribution >= 4 is 147 Å². The van der Waals surface area contributed by atoms with Crippen LogP contribution in [0, 0.1) is 6.92 Å². The van der Waals surface area contributed by atoms with E-state index in [0.717, 1.165) is 0 Å². The first-order valence-corrected chi connectivity index (χ1v) is 36.2. The molecule has 464 valence electrons. The van der Waals surface area contributed by atoms with Gasteiger partial charge in [-0.2, -0.15) is 0 Å². The molecule has 0 atom stereocenters. The number of fused-ring (bicyclic) bond motifs is 22. The second kappa shape index (κ2) is 19.8. The highest BCUT2D eigenvalue weighted by Crippen LogP contribution is 2.61. The predicted octanol–water partition coefficient (Wildman–Crippen LogP) is 21.5. The molecule has 8 heterocycles. The van der Waals surface area contributed by atoms with Crippen molar-refractivity contribution in [3.8, 4) is 55.6 Å². The van der Waals surface area contributed by atoms with Gasteiger partial charge < -0.3 is 18.8 Å². The van der Waals surface area contributed by atoms with Gasteiger partial charge in [-0.1, -0.05) is 279 Å². The quantitative estimate of drug-likeness (QED) is 0.160. The first-order chi connectivity index (χ1) is 50.1. The van der Waals surface area contributed by atoms with Gasteiger partial charge in [-0.3, -0.25) is 0 Å². The fourth-order valence-electron chi connectivity index (χ4n) is 20.0. The number of anilines is 6. The Kier molecular flexibility index (Phi) is 10.7. The Morgan fingerprint density at radius 3 is 1.63 bits per heavy atom. The van der Waals surface area contributed by atoms with Gasteiger partial charge in [-0.15, -0.1) is 0 Å². The fraction of sp³-hybridized carbons (Fsp3) is 0.0213. The third-order valence-electron chi connectivity index (χ3n) is 23.8. The van der Waals surface area contributed by atoms with Crippen LogP contribution in [0.25, 0.3) is 121 Å². The molecule has 0 unspecified atom stereocenters. The average Bonchev–Trinajstić information content (AvgIpc) is 1.65. The van der Waals surface area contributed by atoms with Crippen LogP contribution < -0.4 is 31.7 Å². The molecule has 0 spiro atoms. The molecule has 0 saturated heterocycles. The number of aromatic nitrogens is 2. The second-order valence-corrected chi connectivity index (χ2v) is 29.6. The van der Waals surface area contributed by atoms with Gasteiger partial charge in [-0.25, -0.2) is 0 Å². The molecule has 2 aromatic heterocycles. The molecular formula is C94H56B2N4S. The number of para-hydroxylation sites is 6. The van der Waals surface area contributed by atoms with Crippen LogP contribution in [0.2, 0.25) is 0 Å². The minimum atomic E-state index is -0.626. The van der Waals surface area contributed by atoms with E-state index in [1.807, 2.05) is 11.8 Å². The minimum absolute atomic E-state index is 0.0753. The van der Waals surface area contributed by atoms with Crippen molar-refractivity contribution in [3.63, 3.8) is 0 Å². The lowest BCUT2D eigenvalue weighted by molar-refractivity contribution is 0.732. The van der Waals surface area contributed by atoms with Crippen LogP contribution in [0.4, 0.5) is 34.1 Å². The number of aryl methyl sites for hydroxylation is 1. The summed E-state index contributed by atoms with van der Waals surface area (Å²) in [6.45, 7) is 2.14. The summed E-state index contributed by atoms with van der Waals surface area (Å²) in [6, 6.07) is 123. The van der Waals surface area contributed by atoms with Crippen molar-refractivity contribution in [2.24, 2.45) is 0 Å². The summed E-state index contributed by atoms with van der Waals surface area (Å²) in [5, 5.41) is 10.2. The second-order valence-electron chi connectivity index (χ2n) is 28.5. The highest BCUT2D eigenvalue weighted by Gasteiger charge is 2.53. The molecule has 4 nitrogen and oxygen atoms in total. The molecule has 24 rings (SSSR count). The zero-order valence-corrected chi connectivity index (χ0v) is 55.8. The van der Waals surface area contributed by atoms with Crippen LogP contribution in [-0.4, -0.2) is 22.7 Å². The van der Waals surface area contributed by atoms with Crippen LogP contribution in [0.1, 0.15) is 27.8 Å².